The number of hydrogen-bond donors (Lipinski definition) is 1. The number of ether oxygens (including phenoxy) is 1. The second kappa shape index (κ2) is 8.17. The average Bonchev–Trinajstić information content (AvgIpc) is 2.50. The molecule has 6 nitrogen and oxygen atoms in total. The Morgan fingerprint density at radius 2 is 1.85 bits per heavy atom. The number of esters is 1. The van der Waals surface area contributed by atoms with Gasteiger partial charge < -0.3 is 19.5 Å². The topological polar surface area (TPSA) is 87.9 Å². The Bertz CT molecular complexity index is 457. The molecule has 0 amide bonds. The van der Waals surface area contributed by atoms with Gasteiger partial charge in [-0.1, -0.05) is 30.3 Å². The van der Waals surface area contributed by atoms with Crippen molar-refractivity contribution in [3.05, 3.63) is 35.9 Å². The van der Waals surface area contributed by atoms with Crippen LogP contribution in [0.4, 0.5) is 0 Å². The number of carbonyl (C=O) groups is 1. The first kappa shape index (κ1) is 16.9. The summed E-state index contributed by atoms with van der Waals surface area (Å²) in [7, 11) is -0.549. The van der Waals surface area contributed by atoms with Crippen LogP contribution in [0.3, 0.4) is 0 Å². The van der Waals surface area contributed by atoms with Crippen molar-refractivity contribution in [1.29, 1.82) is 0 Å². The van der Waals surface area contributed by atoms with Crippen molar-refractivity contribution in [3.8, 4) is 0 Å². The molecule has 1 atom stereocenters. The molecule has 0 saturated heterocycles. The summed E-state index contributed by atoms with van der Waals surface area (Å²) in [5.74, 6) is -0.535. The predicted molar refractivity (Wildman–Crippen MR) is 75.3 cm³/mol. The minimum Gasteiger partial charge on any atom is -0.460 e. The molecule has 0 saturated carbocycles. The monoisotopic (exact) mass is 301 g/mol. The third-order valence-electron chi connectivity index (χ3n) is 2.80. The summed E-state index contributed by atoms with van der Waals surface area (Å²) in [5, 5.41) is 0. The highest BCUT2D eigenvalue weighted by molar-refractivity contribution is 7.53. The quantitative estimate of drug-likeness (QED) is 0.583. The second-order valence-electron chi connectivity index (χ2n) is 4.19. The third kappa shape index (κ3) is 5.43. The summed E-state index contributed by atoms with van der Waals surface area (Å²) in [5.41, 5.74) is 6.57. The van der Waals surface area contributed by atoms with Crippen molar-refractivity contribution in [2.24, 2.45) is 5.73 Å². The predicted octanol–water partition coefficient (Wildman–Crippen LogP) is 1.93. The van der Waals surface area contributed by atoms with E-state index in [1.165, 1.54) is 14.2 Å². The molecule has 7 heteroatoms. The van der Waals surface area contributed by atoms with Gasteiger partial charge in [-0.25, -0.2) is 0 Å². The lowest BCUT2D eigenvalue weighted by molar-refractivity contribution is -0.146. The molecular formula is C13H20NO5P. The Hall–Kier alpha value is -1.20. The summed E-state index contributed by atoms with van der Waals surface area (Å²) in [6, 6.07) is 8.44. The molecule has 112 valence electrons. The lowest BCUT2D eigenvalue weighted by Gasteiger charge is -2.16. The number of nitrogens with two attached hydrogens (primary N) is 1. The lowest BCUT2D eigenvalue weighted by atomic mass is 10.2. The molecule has 0 aliphatic rings. The van der Waals surface area contributed by atoms with Crippen molar-refractivity contribution >= 4 is 13.6 Å². The Balaban J connectivity index is 2.38. The van der Waals surface area contributed by atoms with Crippen LogP contribution in [0.2, 0.25) is 0 Å². The van der Waals surface area contributed by atoms with Crippen molar-refractivity contribution in [2.75, 3.05) is 20.4 Å². The lowest BCUT2D eigenvalue weighted by Crippen LogP contribution is -2.33. The molecule has 0 heterocycles. The van der Waals surface area contributed by atoms with Gasteiger partial charge in [-0.05, 0) is 12.0 Å². The van der Waals surface area contributed by atoms with Crippen LogP contribution in [0.1, 0.15) is 12.0 Å². The molecule has 1 rings (SSSR count). The zero-order chi connectivity index (χ0) is 15.0. The van der Waals surface area contributed by atoms with Crippen LogP contribution in [-0.2, 0) is 29.8 Å². The van der Waals surface area contributed by atoms with Crippen LogP contribution in [0.25, 0.3) is 0 Å². The Morgan fingerprint density at radius 3 is 2.40 bits per heavy atom. The summed E-state index contributed by atoms with van der Waals surface area (Å²) in [6.07, 6.45) is 0.244. The van der Waals surface area contributed by atoms with Crippen LogP contribution < -0.4 is 5.73 Å². The van der Waals surface area contributed by atoms with Gasteiger partial charge in [0.2, 0.25) is 0 Å². The highest BCUT2D eigenvalue weighted by Crippen LogP contribution is 2.46. The molecule has 2 N–H and O–H groups in total. The molecule has 1 aromatic rings. The molecule has 0 fully saturated rings. The molecule has 1 aromatic carbocycles. The van der Waals surface area contributed by atoms with Gasteiger partial charge in [0.05, 0.1) is 6.16 Å². The molecule has 0 radical (unpaired) electrons. The fourth-order valence-corrected chi connectivity index (χ4v) is 2.62. The summed E-state index contributed by atoms with van der Waals surface area (Å²) < 4.78 is 26.4. The third-order valence-corrected chi connectivity index (χ3v) is 4.72. The second-order valence-corrected chi connectivity index (χ2v) is 6.59. The zero-order valence-electron chi connectivity index (χ0n) is 11.7. The van der Waals surface area contributed by atoms with Gasteiger partial charge in [0.25, 0.3) is 0 Å². The molecule has 0 aliphatic heterocycles. The van der Waals surface area contributed by atoms with E-state index in [2.05, 4.69) is 0 Å². The average molecular weight is 301 g/mol. The molecule has 0 aliphatic carbocycles. The van der Waals surface area contributed by atoms with Gasteiger partial charge in [0, 0.05) is 14.2 Å². The Labute approximate surface area is 118 Å². The zero-order valence-corrected chi connectivity index (χ0v) is 12.5. The standard InChI is InChI=1S/C13H20NO5P/c1-17-20(16,18-2)9-8-12(14)13(15)19-10-11-6-4-3-5-7-11/h3-7,12H,8-10,14H2,1-2H3/t12-/m0/s1. The van der Waals surface area contributed by atoms with Gasteiger partial charge >= 0.3 is 13.6 Å². The number of hydrogen-bond acceptors (Lipinski definition) is 6. The van der Waals surface area contributed by atoms with E-state index in [4.69, 9.17) is 19.5 Å². The van der Waals surface area contributed by atoms with Crippen LogP contribution >= 0.6 is 7.60 Å². The van der Waals surface area contributed by atoms with E-state index >= 15 is 0 Å². The first-order valence-electron chi connectivity index (χ1n) is 6.17. The van der Waals surface area contributed by atoms with Gasteiger partial charge in [-0.3, -0.25) is 9.36 Å². The maximum Gasteiger partial charge on any atom is 0.330 e. The minimum absolute atomic E-state index is 0.0710. The summed E-state index contributed by atoms with van der Waals surface area (Å²) >= 11 is 0. The highest BCUT2D eigenvalue weighted by atomic mass is 31.2. The number of benzene rings is 1. The Kier molecular flexibility index (Phi) is 6.88. The summed E-state index contributed by atoms with van der Waals surface area (Å²) in [6.45, 7) is 0.166. The van der Waals surface area contributed by atoms with Crippen molar-refractivity contribution in [2.45, 2.75) is 19.1 Å². The minimum atomic E-state index is -3.14. The largest absolute Gasteiger partial charge is 0.460 e. The molecular weight excluding hydrogens is 281 g/mol. The maximum atomic E-state index is 11.8. The molecule has 0 bridgehead atoms. The SMILES string of the molecule is COP(=O)(CC[C@H](N)C(=O)OCc1ccccc1)OC. The maximum absolute atomic E-state index is 11.8. The highest BCUT2D eigenvalue weighted by Gasteiger charge is 2.25. The fraction of sp³-hybridized carbons (Fsp3) is 0.462. The van der Waals surface area contributed by atoms with Crippen LogP contribution in [0.15, 0.2) is 30.3 Å². The van der Waals surface area contributed by atoms with Gasteiger partial charge in [-0.15, -0.1) is 0 Å². The van der Waals surface area contributed by atoms with E-state index < -0.39 is 19.6 Å². The smallest absolute Gasteiger partial charge is 0.330 e. The van der Waals surface area contributed by atoms with E-state index in [0.717, 1.165) is 5.56 Å². The van der Waals surface area contributed by atoms with E-state index in [1.807, 2.05) is 30.3 Å². The van der Waals surface area contributed by atoms with Crippen molar-refractivity contribution < 1.29 is 23.1 Å². The first-order valence-corrected chi connectivity index (χ1v) is 7.90. The fourth-order valence-electron chi connectivity index (χ4n) is 1.51. The molecule has 0 unspecified atom stereocenters. The van der Waals surface area contributed by atoms with Gasteiger partial charge in [0.1, 0.15) is 12.6 Å². The van der Waals surface area contributed by atoms with E-state index in [-0.39, 0.29) is 19.2 Å². The van der Waals surface area contributed by atoms with E-state index in [0.29, 0.717) is 0 Å². The van der Waals surface area contributed by atoms with Crippen LogP contribution in [0.5, 0.6) is 0 Å². The first-order chi connectivity index (χ1) is 9.50. The van der Waals surface area contributed by atoms with Crippen LogP contribution in [0, 0.1) is 0 Å². The normalized spacial score (nSPS) is 12.9. The molecule has 20 heavy (non-hydrogen) atoms. The number of rotatable bonds is 8. The van der Waals surface area contributed by atoms with E-state index in [9.17, 15) is 9.36 Å². The Morgan fingerprint density at radius 1 is 1.25 bits per heavy atom. The van der Waals surface area contributed by atoms with E-state index in [1.54, 1.807) is 0 Å². The van der Waals surface area contributed by atoms with Gasteiger partial charge in [-0.2, -0.15) is 0 Å². The van der Waals surface area contributed by atoms with Crippen molar-refractivity contribution in [3.63, 3.8) is 0 Å². The number of carbonyl (C=O) groups excluding carboxylic acids is 1. The van der Waals surface area contributed by atoms with Gasteiger partial charge in [0.15, 0.2) is 0 Å². The molecule has 0 spiro atoms. The van der Waals surface area contributed by atoms with Crippen molar-refractivity contribution in [1.82, 2.24) is 0 Å². The van der Waals surface area contributed by atoms with Crippen LogP contribution in [-0.4, -0.2) is 32.4 Å². The molecule has 0 aromatic heterocycles. The summed E-state index contributed by atoms with van der Waals surface area (Å²) in [4.78, 5) is 11.7.